The Balaban J connectivity index is 2.96. The molecule has 0 N–H and O–H groups in total. The van der Waals surface area contributed by atoms with Crippen molar-refractivity contribution in [3.63, 3.8) is 0 Å². The van der Waals surface area contributed by atoms with Crippen LogP contribution in [0.1, 0.15) is 5.56 Å². The SMILES string of the molecule is C[Si](C)(C)/C(Br)=C/c1cscc1Br. The zero-order valence-electron chi connectivity index (χ0n) is 7.90. The van der Waals surface area contributed by atoms with Crippen LogP contribution >= 0.6 is 43.2 Å². The van der Waals surface area contributed by atoms with Crippen molar-refractivity contribution in [3.05, 3.63) is 24.9 Å². The number of halogens is 2. The summed E-state index contributed by atoms with van der Waals surface area (Å²) < 4.78 is 2.55. The highest BCUT2D eigenvalue weighted by Gasteiger charge is 2.17. The van der Waals surface area contributed by atoms with Gasteiger partial charge in [-0.1, -0.05) is 35.6 Å². The van der Waals surface area contributed by atoms with E-state index < -0.39 is 8.07 Å². The molecule has 1 aromatic rings. The van der Waals surface area contributed by atoms with E-state index >= 15 is 0 Å². The van der Waals surface area contributed by atoms with Crippen molar-refractivity contribution < 1.29 is 0 Å². The first-order chi connectivity index (χ1) is 5.91. The fourth-order valence-corrected chi connectivity index (χ4v) is 2.95. The molecule has 0 spiro atoms. The van der Waals surface area contributed by atoms with Gasteiger partial charge in [0.2, 0.25) is 0 Å². The predicted molar refractivity (Wildman–Crippen MR) is 72.3 cm³/mol. The zero-order chi connectivity index (χ0) is 10.1. The summed E-state index contributed by atoms with van der Waals surface area (Å²) in [5.41, 5.74) is 1.28. The molecular weight excluding hydrogens is 328 g/mol. The normalized spacial score (nSPS) is 13.5. The number of hydrogen-bond acceptors (Lipinski definition) is 1. The third-order valence-electron chi connectivity index (χ3n) is 1.64. The van der Waals surface area contributed by atoms with Crippen LogP contribution in [0.25, 0.3) is 6.08 Å². The third-order valence-corrected chi connectivity index (χ3v) is 8.77. The monoisotopic (exact) mass is 338 g/mol. The average Bonchev–Trinajstić information content (AvgIpc) is 2.34. The lowest BCUT2D eigenvalue weighted by atomic mass is 10.3. The molecule has 13 heavy (non-hydrogen) atoms. The molecule has 0 bridgehead atoms. The molecule has 1 aromatic heterocycles. The topological polar surface area (TPSA) is 0 Å². The maximum Gasteiger partial charge on any atom is 0.0865 e. The number of thiophene rings is 1. The third kappa shape index (κ3) is 3.35. The fraction of sp³-hybridized carbons (Fsp3) is 0.333. The Kier molecular flexibility index (Phi) is 3.98. The summed E-state index contributed by atoms with van der Waals surface area (Å²) >= 11 is 8.90. The molecule has 0 fully saturated rings. The molecule has 0 aliphatic heterocycles. The number of rotatable bonds is 2. The molecule has 1 rings (SSSR count). The van der Waals surface area contributed by atoms with Crippen LogP contribution in [0, 0.1) is 0 Å². The van der Waals surface area contributed by atoms with Crippen LogP contribution < -0.4 is 0 Å². The molecule has 0 aliphatic carbocycles. The lowest BCUT2D eigenvalue weighted by molar-refractivity contribution is 1.73. The van der Waals surface area contributed by atoms with Crippen LogP contribution in [0.5, 0.6) is 0 Å². The van der Waals surface area contributed by atoms with E-state index in [0.717, 1.165) is 0 Å². The van der Waals surface area contributed by atoms with Gasteiger partial charge in [0.1, 0.15) is 0 Å². The molecule has 0 unspecified atom stereocenters. The van der Waals surface area contributed by atoms with Crippen molar-refractivity contribution in [1.82, 2.24) is 0 Å². The lowest BCUT2D eigenvalue weighted by Crippen LogP contribution is -2.19. The van der Waals surface area contributed by atoms with Crippen LogP contribution in [0.15, 0.2) is 19.3 Å². The minimum Gasteiger partial charge on any atom is -0.151 e. The van der Waals surface area contributed by atoms with Crippen LogP contribution in [-0.4, -0.2) is 8.07 Å². The number of hydrogen-bond donors (Lipinski definition) is 0. The van der Waals surface area contributed by atoms with Crippen molar-refractivity contribution in [2.24, 2.45) is 0 Å². The molecular formula is C9H12Br2SSi. The molecule has 0 saturated heterocycles. The molecule has 4 heteroatoms. The van der Waals surface area contributed by atoms with Crippen molar-refractivity contribution >= 4 is 57.3 Å². The second kappa shape index (κ2) is 4.42. The van der Waals surface area contributed by atoms with E-state index in [1.807, 2.05) is 0 Å². The van der Waals surface area contributed by atoms with E-state index in [0.29, 0.717) is 0 Å². The first kappa shape index (κ1) is 11.7. The van der Waals surface area contributed by atoms with Crippen LogP contribution in [0.3, 0.4) is 0 Å². The summed E-state index contributed by atoms with van der Waals surface area (Å²) in [4.78, 5) is 0. The van der Waals surface area contributed by atoms with Crippen molar-refractivity contribution in [3.8, 4) is 0 Å². The Labute approximate surface area is 101 Å². The Morgan fingerprint density at radius 3 is 2.38 bits per heavy atom. The quantitative estimate of drug-likeness (QED) is 0.655. The van der Waals surface area contributed by atoms with E-state index in [9.17, 15) is 0 Å². The van der Waals surface area contributed by atoms with Crippen LogP contribution in [0.2, 0.25) is 19.6 Å². The van der Waals surface area contributed by atoms with Gasteiger partial charge in [-0.05, 0) is 37.1 Å². The first-order valence-corrected chi connectivity index (χ1v) is 10.0. The molecule has 0 atom stereocenters. The van der Waals surface area contributed by atoms with Crippen molar-refractivity contribution in [2.45, 2.75) is 19.6 Å². The van der Waals surface area contributed by atoms with Gasteiger partial charge < -0.3 is 0 Å². The summed E-state index contributed by atoms with van der Waals surface area (Å²) in [6.45, 7) is 6.98. The fourth-order valence-electron chi connectivity index (χ4n) is 0.747. The predicted octanol–water partition coefficient (Wildman–Crippen LogP) is 5.12. The molecule has 1 heterocycles. The summed E-state index contributed by atoms with van der Waals surface area (Å²) in [6.07, 6.45) is 2.23. The summed E-state index contributed by atoms with van der Waals surface area (Å²) in [6, 6.07) is 0. The van der Waals surface area contributed by atoms with Crippen molar-refractivity contribution in [2.75, 3.05) is 0 Å². The van der Waals surface area contributed by atoms with Gasteiger partial charge in [0.15, 0.2) is 0 Å². The second-order valence-corrected chi connectivity index (χ2v) is 12.1. The maximum absolute atomic E-state index is 3.66. The maximum atomic E-state index is 3.66. The van der Waals surface area contributed by atoms with Gasteiger partial charge in [-0.15, -0.1) is 0 Å². The van der Waals surface area contributed by atoms with Gasteiger partial charge in [-0.2, -0.15) is 11.3 Å². The summed E-state index contributed by atoms with van der Waals surface area (Å²) in [7, 11) is -1.18. The summed E-state index contributed by atoms with van der Waals surface area (Å²) in [5, 5.41) is 4.27. The Hall–Kier alpha value is 0.617. The smallest absolute Gasteiger partial charge is 0.0865 e. The van der Waals surface area contributed by atoms with Crippen LogP contribution in [-0.2, 0) is 0 Å². The Morgan fingerprint density at radius 2 is 2.00 bits per heavy atom. The molecule has 0 nitrogen and oxygen atoms in total. The van der Waals surface area contributed by atoms with E-state index in [1.165, 1.54) is 14.1 Å². The van der Waals surface area contributed by atoms with Gasteiger partial charge in [0.25, 0.3) is 0 Å². The van der Waals surface area contributed by atoms with Crippen molar-refractivity contribution in [1.29, 1.82) is 0 Å². The molecule has 0 radical (unpaired) electrons. The van der Waals surface area contributed by atoms with E-state index in [2.05, 4.69) is 68.3 Å². The largest absolute Gasteiger partial charge is 0.151 e. The average molecular weight is 340 g/mol. The Bertz CT molecular complexity index is 323. The molecule has 0 aliphatic rings. The second-order valence-electron chi connectivity index (χ2n) is 3.92. The van der Waals surface area contributed by atoms with Gasteiger partial charge >= 0.3 is 0 Å². The minimum absolute atomic E-state index is 1.18. The van der Waals surface area contributed by atoms with Crippen LogP contribution in [0.4, 0.5) is 0 Å². The van der Waals surface area contributed by atoms with E-state index in [4.69, 9.17) is 0 Å². The standard InChI is InChI=1S/C9H12Br2SSi/c1-13(2,3)9(11)4-7-5-12-6-8(7)10/h4-6H,1-3H3/b9-4+. The highest BCUT2D eigenvalue weighted by molar-refractivity contribution is 9.12. The van der Waals surface area contributed by atoms with Gasteiger partial charge in [0.05, 0.1) is 8.07 Å². The lowest BCUT2D eigenvalue weighted by Gasteiger charge is -2.14. The summed E-state index contributed by atoms with van der Waals surface area (Å²) in [5.74, 6) is 0. The Morgan fingerprint density at radius 1 is 1.38 bits per heavy atom. The highest BCUT2D eigenvalue weighted by atomic mass is 79.9. The minimum atomic E-state index is -1.18. The molecule has 72 valence electrons. The van der Waals surface area contributed by atoms with Gasteiger partial charge in [0, 0.05) is 9.85 Å². The van der Waals surface area contributed by atoms with E-state index in [1.54, 1.807) is 11.3 Å². The van der Waals surface area contributed by atoms with E-state index in [-0.39, 0.29) is 0 Å². The van der Waals surface area contributed by atoms with Gasteiger partial charge in [-0.25, -0.2) is 0 Å². The zero-order valence-corrected chi connectivity index (χ0v) is 12.9. The molecule has 0 saturated carbocycles. The first-order valence-electron chi connectivity index (χ1n) is 4.00. The molecule has 0 amide bonds. The van der Waals surface area contributed by atoms with Gasteiger partial charge in [-0.3, -0.25) is 0 Å². The molecule has 0 aromatic carbocycles. The highest BCUT2D eigenvalue weighted by Crippen LogP contribution is 2.28.